The van der Waals surface area contributed by atoms with Crippen molar-refractivity contribution >= 4 is 0 Å². The van der Waals surface area contributed by atoms with Crippen LogP contribution in [0.1, 0.15) is 19.4 Å². The highest BCUT2D eigenvalue weighted by Gasteiger charge is 2.29. The van der Waals surface area contributed by atoms with Gasteiger partial charge in [0.1, 0.15) is 5.82 Å². The Morgan fingerprint density at radius 2 is 1.95 bits per heavy atom. The number of methoxy groups -OCH3 is 1. The SMILES string of the molecule is CCN(CCOC)C(C)(CN)Cc1ccc(F)cc1. The molecule has 0 saturated heterocycles. The number of ether oxygens (including phenoxy) is 1. The van der Waals surface area contributed by atoms with Gasteiger partial charge in [0, 0.05) is 25.7 Å². The number of rotatable bonds is 8. The van der Waals surface area contributed by atoms with Crippen molar-refractivity contribution in [1.82, 2.24) is 4.90 Å². The zero-order chi connectivity index (χ0) is 14.3. The van der Waals surface area contributed by atoms with Gasteiger partial charge in [0.15, 0.2) is 0 Å². The fourth-order valence-corrected chi connectivity index (χ4v) is 2.37. The second-order valence-electron chi connectivity index (χ2n) is 5.08. The average Bonchev–Trinajstić information content (AvgIpc) is 2.42. The fraction of sp³-hybridized carbons (Fsp3) is 0.600. The maximum Gasteiger partial charge on any atom is 0.123 e. The number of nitrogens with two attached hydrogens (primary N) is 1. The van der Waals surface area contributed by atoms with E-state index in [0.717, 1.165) is 25.1 Å². The molecule has 2 N–H and O–H groups in total. The van der Waals surface area contributed by atoms with E-state index in [1.165, 1.54) is 12.1 Å². The van der Waals surface area contributed by atoms with E-state index in [1.54, 1.807) is 7.11 Å². The van der Waals surface area contributed by atoms with Crippen molar-refractivity contribution in [1.29, 1.82) is 0 Å². The van der Waals surface area contributed by atoms with Crippen LogP contribution in [-0.2, 0) is 11.2 Å². The Bertz CT molecular complexity index is 369. The highest BCUT2D eigenvalue weighted by molar-refractivity contribution is 5.19. The summed E-state index contributed by atoms with van der Waals surface area (Å²) in [4.78, 5) is 2.32. The van der Waals surface area contributed by atoms with Crippen LogP contribution < -0.4 is 5.73 Å². The molecule has 1 aromatic rings. The Labute approximate surface area is 115 Å². The lowest BCUT2D eigenvalue weighted by molar-refractivity contribution is 0.0754. The van der Waals surface area contributed by atoms with Gasteiger partial charge in [-0.25, -0.2) is 4.39 Å². The second kappa shape index (κ2) is 7.58. The lowest BCUT2D eigenvalue weighted by Gasteiger charge is -2.40. The Morgan fingerprint density at radius 3 is 2.42 bits per heavy atom. The van der Waals surface area contributed by atoms with Crippen molar-refractivity contribution in [2.75, 3.05) is 33.4 Å². The zero-order valence-electron chi connectivity index (χ0n) is 12.2. The lowest BCUT2D eigenvalue weighted by atomic mass is 9.90. The maximum atomic E-state index is 12.9. The molecule has 1 aromatic carbocycles. The molecule has 4 heteroatoms. The smallest absolute Gasteiger partial charge is 0.123 e. The van der Waals surface area contributed by atoms with Gasteiger partial charge < -0.3 is 10.5 Å². The van der Waals surface area contributed by atoms with Crippen molar-refractivity contribution in [3.63, 3.8) is 0 Å². The molecule has 1 unspecified atom stereocenters. The summed E-state index contributed by atoms with van der Waals surface area (Å²) in [5, 5.41) is 0. The van der Waals surface area contributed by atoms with Crippen LogP contribution in [-0.4, -0.2) is 43.8 Å². The third kappa shape index (κ3) is 4.56. The first-order chi connectivity index (χ1) is 9.05. The van der Waals surface area contributed by atoms with Crippen LogP contribution in [0, 0.1) is 5.82 Å². The van der Waals surface area contributed by atoms with Crippen molar-refractivity contribution < 1.29 is 9.13 Å². The van der Waals surface area contributed by atoms with Crippen LogP contribution in [0.4, 0.5) is 4.39 Å². The monoisotopic (exact) mass is 268 g/mol. The summed E-state index contributed by atoms with van der Waals surface area (Å²) >= 11 is 0. The van der Waals surface area contributed by atoms with Gasteiger partial charge in [0.25, 0.3) is 0 Å². The molecule has 108 valence electrons. The Hall–Kier alpha value is -0.970. The minimum Gasteiger partial charge on any atom is -0.383 e. The summed E-state index contributed by atoms with van der Waals surface area (Å²) in [6, 6.07) is 6.65. The Kier molecular flexibility index (Phi) is 6.42. The first-order valence-electron chi connectivity index (χ1n) is 6.74. The van der Waals surface area contributed by atoms with Gasteiger partial charge in [-0.2, -0.15) is 0 Å². The van der Waals surface area contributed by atoms with Crippen LogP contribution in [0.3, 0.4) is 0 Å². The van der Waals surface area contributed by atoms with Crippen LogP contribution >= 0.6 is 0 Å². The molecular weight excluding hydrogens is 243 g/mol. The number of likely N-dealkylation sites (N-methyl/N-ethyl adjacent to an activating group) is 1. The van der Waals surface area contributed by atoms with E-state index in [9.17, 15) is 4.39 Å². The molecule has 0 amide bonds. The molecule has 0 heterocycles. The van der Waals surface area contributed by atoms with E-state index in [-0.39, 0.29) is 11.4 Å². The van der Waals surface area contributed by atoms with Crippen LogP contribution in [0.25, 0.3) is 0 Å². The van der Waals surface area contributed by atoms with E-state index < -0.39 is 0 Å². The highest BCUT2D eigenvalue weighted by atomic mass is 19.1. The maximum absolute atomic E-state index is 12.9. The van der Waals surface area contributed by atoms with Gasteiger partial charge in [-0.1, -0.05) is 19.1 Å². The third-order valence-corrected chi connectivity index (χ3v) is 3.65. The zero-order valence-corrected chi connectivity index (χ0v) is 12.2. The molecule has 1 rings (SSSR count). The predicted molar refractivity (Wildman–Crippen MR) is 76.7 cm³/mol. The summed E-state index contributed by atoms with van der Waals surface area (Å²) < 4.78 is 18.1. The molecule has 19 heavy (non-hydrogen) atoms. The normalized spacial score (nSPS) is 14.6. The number of hydrogen-bond donors (Lipinski definition) is 1. The molecule has 0 aliphatic rings. The molecule has 0 aliphatic heterocycles. The standard InChI is InChI=1S/C15H25FN2O/c1-4-18(9-10-19-3)15(2,12-17)11-13-5-7-14(16)8-6-13/h5-8H,4,9-12,17H2,1-3H3. The van der Waals surface area contributed by atoms with E-state index in [1.807, 2.05) is 12.1 Å². The third-order valence-electron chi connectivity index (χ3n) is 3.65. The van der Waals surface area contributed by atoms with Gasteiger partial charge in [-0.3, -0.25) is 4.90 Å². The number of benzene rings is 1. The molecular formula is C15H25FN2O. The van der Waals surface area contributed by atoms with E-state index in [0.29, 0.717) is 13.2 Å². The number of hydrogen-bond acceptors (Lipinski definition) is 3. The van der Waals surface area contributed by atoms with Crippen molar-refractivity contribution in [2.45, 2.75) is 25.8 Å². The van der Waals surface area contributed by atoms with E-state index >= 15 is 0 Å². The van der Waals surface area contributed by atoms with Crippen LogP contribution in [0.2, 0.25) is 0 Å². The van der Waals surface area contributed by atoms with Gasteiger partial charge in [0.2, 0.25) is 0 Å². The summed E-state index contributed by atoms with van der Waals surface area (Å²) in [6.45, 7) is 7.28. The van der Waals surface area contributed by atoms with Gasteiger partial charge >= 0.3 is 0 Å². The van der Waals surface area contributed by atoms with Crippen molar-refractivity contribution in [2.24, 2.45) is 5.73 Å². The minimum atomic E-state index is -0.204. The van der Waals surface area contributed by atoms with Gasteiger partial charge in [0.05, 0.1) is 6.61 Å². The molecule has 0 aromatic heterocycles. The predicted octanol–water partition coefficient (Wildman–Crippen LogP) is 2.05. The topological polar surface area (TPSA) is 38.5 Å². The highest BCUT2D eigenvalue weighted by Crippen LogP contribution is 2.20. The Balaban J connectivity index is 2.79. The summed E-state index contributed by atoms with van der Waals surface area (Å²) in [5.41, 5.74) is 6.94. The van der Waals surface area contributed by atoms with Crippen LogP contribution in [0.5, 0.6) is 0 Å². The first kappa shape index (κ1) is 16.1. The molecule has 0 aliphatic carbocycles. The van der Waals surface area contributed by atoms with Crippen LogP contribution in [0.15, 0.2) is 24.3 Å². The van der Waals surface area contributed by atoms with E-state index in [2.05, 4.69) is 18.7 Å². The molecule has 0 saturated carbocycles. The number of nitrogens with zero attached hydrogens (tertiary/aromatic N) is 1. The van der Waals surface area contributed by atoms with Crippen molar-refractivity contribution in [3.8, 4) is 0 Å². The first-order valence-corrected chi connectivity index (χ1v) is 6.74. The summed E-state index contributed by atoms with van der Waals surface area (Å²) in [6.07, 6.45) is 0.807. The molecule has 0 radical (unpaired) electrons. The lowest BCUT2D eigenvalue weighted by Crippen LogP contribution is -2.54. The minimum absolute atomic E-state index is 0.134. The number of halogens is 1. The second-order valence-corrected chi connectivity index (χ2v) is 5.08. The van der Waals surface area contributed by atoms with Gasteiger partial charge in [-0.15, -0.1) is 0 Å². The largest absolute Gasteiger partial charge is 0.383 e. The summed E-state index contributed by atoms with van der Waals surface area (Å²) in [5.74, 6) is -0.204. The fourth-order valence-electron chi connectivity index (χ4n) is 2.37. The molecule has 0 spiro atoms. The van der Waals surface area contributed by atoms with Crippen molar-refractivity contribution in [3.05, 3.63) is 35.6 Å². The summed E-state index contributed by atoms with van der Waals surface area (Å²) in [7, 11) is 1.70. The Morgan fingerprint density at radius 1 is 1.32 bits per heavy atom. The van der Waals surface area contributed by atoms with E-state index in [4.69, 9.17) is 10.5 Å². The van der Waals surface area contributed by atoms with Gasteiger partial charge in [-0.05, 0) is 37.6 Å². The molecule has 0 fully saturated rings. The molecule has 0 bridgehead atoms. The molecule has 1 atom stereocenters. The quantitative estimate of drug-likeness (QED) is 0.784. The molecule has 3 nitrogen and oxygen atoms in total. The average molecular weight is 268 g/mol.